The summed E-state index contributed by atoms with van der Waals surface area (Å²) in [5.41, 5.74) is 5.18. The fourth-order valence-corrected chi connectivity index (χ4v) is 5.63. The first-order valence-electron chi connectivity index (χ1n) is 9.74. The zero-order valence-corrected chi connectivity index (χ0v) is 16.0. The molecule has 1 fully saturated rings. The van der Waals surface area contributed by atoms with Crippen molar-refractivity contribution in [2.24, 2.45) is 5.92 Å². The molecule has 2 aromatic carbocycles. The number of aryl methyl sites for hydroxylation is 2. The normalized spacial score (nSPS) is 23.7. The van der Waals surface area contributed by atoms with Crippen molar-refractivity contribution < 1.29 is 13.2 Å². The number of ether oxygens (including phenoxy) is 1. The van der Waals surface area contributed by atoms with Crippen molar-refractivity contribution >= 4 is 21.4 Å². The summed E-state index contributed by atoms with van der Waals surface area (Å²) in [4.78, 5) is 0.289. The van der Waals surface area contributed by atoms with Crippen LogP contribution in [0.15, 0.2) is 41.3 Å². The lowest BCUT2D eigenvalue weighted by Gasteiger charge is -2.28. The van der Waals surface area contributed by atoms with E-state index in [4.69, 9.17) is 4.74 Å². The number of rotatable bonds is 3. The highest BCUT2D eigenvalue weighted by Crippen LogP contribution is 2.42. The maximum atomic E-state index is 13.0. The topological polar surface area (TPSA) is 67.4 Å². The molecule has 5 nitrogen and oxygen atoms in total. The minimum atomic E-state index is -3.64. The Morgan fingerprint density at radius 2 is 1.89 bits per heavy atom. The molecule has 2 atom stereocenters. The van der Waals surface area contributed by atoms with Crippen molar-refractivity contribution in [3.63, 3.8) is 0 Å². The van der Waals surface area contributed by atoms with Crippen LogP contribution in [0, 0.1) is 5.92 Å². The van der Waals surface area contributed by atoms with E-state index >= 15 is 0 Å². The summed E-state index contributed by atoms with van der Waals surface area (Å²) in [5.74, 6) is 0.420. The fourth-order valence-electron chi connectivity index (χ4n) is 4.54. The van der Waals surface area contributed by atoms with Crippen LogP contribution in [0.1, 0.15) is 42.1 Å². The van der Waals surface area contributed by atoms with Gasteiger partial charge >= 0.3 is 0 Å². The molecule has 3 aliphatic rings. The summed E-state index contributed by atoms with van der Waals surface area (Å²) in [6.45, 7) is 1.62. The van der Waals surface area contributed by atoms with Gasteiger partial charge in [0.25, 0.3) is 10.0 Å². The lowest BCUT2D eigenvalue weighted by molar-refractivity contribution is 0.0911. The van der Waals surface area contributed by atoms with E-state index in [9.17, 15) is 8.42 Å². The van der Waals surface area contributed by atoms with Crippen molar-refractivity contribution in [2.45, 2.75) is 43.1 Å². The summed E-state index contributed by atoms with van der Waals surface area (Å²) in [6.07, 6.45) is 5.51. The average Bonchev–Trinajstić information content (AvgIpc) is 3.16. The highest BCUT2D eigenvalue weighted by Gasteiger charge is 2.35. The zero-order chi connectivity index (χ0) is 18.4. The molecule has 0 bridgehead atoms. The van der Waals surface area contributed by atoms with Gasteiger partial charge in [-0.1, -0.05) is 6.07 Å². The summed E-state index contributed by atoms with van der Waals surface area (Å²) < 4.78 is 34.6. The van der Waals surface area contributed by atoms with Gasteiger partial charge < -0.3 is 10.1 Å². The Kier molecular flexibility index (Phi) is 4.13. The fraction of sp³-hybridized carbons (Fsp3) is 0.429. The molecule has 0 spiro atoms. The average molecular weight is 385 g/mol. The van der Waals surface area contributed by atoms with Crippen molar-refractivity contribution in [1.82, 2.24) is 0 Å². The van der Waals surface area contributed by atoms with Crippen molar-refractivity contribution in [3.8, 4) is 0 Å². The van der Waals surface area contributed by atoms with Gasteiger partial charge in [-0.15, -0.1) is 0 Å². The third-order valence-corrected chi connectivity index (χ3v) is 7.39. The van der Waals surface area contributed by atoms with Gasteiger partial charge in [0, 0.05) is 36.0 Å². The van der Waals surface area contributed by atoms with Crippen LogP contribution in [-0.4, -0.2) is 21.6 Å². The molecule has 0 radical (unpaired) electrons. The molecule has 2 aromatic rings. The molecule has 1 saturated heterocycles. The Balaban J connectivity index is 1.45. The van der Waals surface area contributed by atoms with Gasteiger partial charge in [-0.2, -0.15) is 0 Å². The van der Waals surface area contributed by atoms with E-state index in [1.807, 2.05) is 18.2 Å². The number of anilines is 2. The van der Waals surface area contributed by atoms with E-state index in [0.717, 1.165) is 43.7 Å². The molecule has 2 aliphatic heterocycles. The third-order valence-electron chi connectivity index (χ3n) is 6.01. The Bertz CT molecular complexity index is 987. The molecule has 6 heteroatoms. The van der Waals surface area contributed by atoms with Gasteiger partial charge in [0.2, 0.25) is 0 Å². The van der Waals surface area contributed by atoms with E-state index in [2.05, 4.69) is 16.1 Å². The molecule has 0 unspecified atom stereocenters. The van der Waals surface area contributed by atoms with E-state index < -0.39 is 10.0 Å². The van der Waals surface area contributed by atoms with Crippen LogP contribution in [-0.2, 0) is 27.6 Å². The van der Waals surface area contributed by atoms with Gasteiger partial charge in [-0.3, -0.25) is 4.72 Å². The maximum absolute atomic E-state index is 13.0. The number of fused-ring (bicyclic) bond motifs is 4. The maximum Gasteiger partial charge on any atom is 0.261 e. The second kappa shape index (κ2) is 6.53. The molecule has 0 saturated carbocycles. The molecule has 1 aliphatic carbocycles. The van der Waals surface area contributed by atoms with Gasteiger partial charge in [0.1, 0.15) is 0 Å². The summed E-state index contributed by atoms with van der Waals surface area (Å²) in [6, 6.07) is 11.2. The van der Waals surface area contributed by atoms with Crippen LogP contribution >= 0.6 is 0 Å². The van der Waals surface area contributed by atoms with Crippen LogP contribution in [0.4, 0.5) is 11.4 Å². The lowest BCUT2D eigenvalue weighted by Crippen LogP contribution is -2.25. The molecule has 2 heterocycles. The minimum Gasteiger partial charge on any atom is -0.384 e. The van der Waals surface area contributed by atoms with Gasteiger partial charge in [0.15, 0.2) is 0 Å². The summed E-state index contributed by atoms with van der Waals surface area (Å²) in [5, 5.41) is 3.40. The van der Waals surface area contributed by atoms with Crippen LogP contribution in [0.5, 0.6) is 0 Å². The molecule has 5 rings (SSSR count). The predicted octanol–water partition coefficient (Wildman–Crippen LogP) is 3.87. The second-order valence-electron chi connectivity index (χ2n) is 7.77. The molecule has 2 N–H and O–H groups in total. The predicted molar refractivity (Wildman–Crippen MR) is 106 cm³/mol. The lowest BCUT2D eigenvalue weighted by atomic mass is 9.91. The zero-order valence-electron chi connectivity index (χ0n) is 15.2. The van der Waals surface area contributed by atoms with Crippen LogP contribution in [0.3, 0.4) is 0 Å². The van der Waals surface area contributed by atoms with Crippen molar-refractivity contribution in [3.05, 3.63) is 53.1 Å². The Morgan fingerprint density at radius 3 is 2.78 bits per heavy atom. The third kappa shape index (κ3) is 3.11. The molecule has 142 valence electrons. The Labute approximate surface area is 160 Å². The monoisotopic (exact) mass is 384 g/mol. The van der Waals surface area contributed by atoms with E-state index in [1.165, 1.54) is 24.0 Å². The molecule has 0 aromatic heterocycles. The summed E-state index contributed by atoms with van der Waals surface area (Å²) in [7, 11) is -3.64. The highest BCUT2D eigenvalue weighted by atomic mass is 32.2. The van der Waals surface area contributed by atoms with Crippen LogP contribution < -0.4 is 10.0 Å². The molecular formula is C21H24N2O3S. The summed E-state index contributed by atoms with van der Waals surface area (Å²) >= 11 is 0. The van der Waals surface area contributed by atoms with E-state index in [1.54, 1.807) is 12.1 Å². The number of hydrogen-bond acceptors (Lipinski definition) is 4. The number of benzene rings is 2. The Hall–Kier alpha value is -2.05. The number of sulfonamides is 1. The second-order valence-corrected chi connectivity index (χ2v) is 9.45. The van der Waals surface area contributed by atoms with Crippen molar-refractivity contribution in [2.75, 3.05) is 23.2 Å². The van der Waals surface area contributed by atoms with Crippen molar-refractivity contribution in [1.29, 1.82) is 0 Å². The largest absolute Gasteiger partial charge is 0.384 e. The first kappa shape index (κ1) is 17.1. The van der Waals surface area contributed by atoms with Crippen LogP contribution in [0.2, 0.25) is 0 Å². The molecule has 0 amide bonds. The van der Waals surface area contributed by atoms with Gasteiger partial charge in [-0.05, 0) is 73.6 Å². The smallest absolute Gasteiger partial charge is 0.261 e. The quantitative estimate of drug-likeness (QED) is 0.843. The molecular weight excluding hydrogens is 360 g/mol. The van der Waals surface area contributed by atoms with E-state index in [-0.39, 0.29) is 11.0 Å². The SMILES string of the molecule is O=S(=O)(Nc1ccc2c(c1)CCCC2)c1ccc2c(c1)[C@H]1OCC[C@H]1CN2. The number of nitrogens with one attached hydrogen (secondary N) is 2. The standard InChI is InChI=1S/C21H24N2O3S/c24-27(25,23-17-6-5-14-3-1-2-4-15(14)11-17)18-7-8-20-19(12-18)21-16(13-22-20)9-10-26-21/h5-8,11-12,16,21-23H,1-4,9-10,13H2/t16-,21-/m0/s1. The first-order chi connectivity index (χ1) is 13.1. The molecule has 27 heavy (non-hydrogen) atoms. The van der Waals surface area contributed by atoms with Crippen LogP contribution in [0.25, 0.3) is 0 Å². The highest BCUT2D eigenvalue weighted by molar-refractivity contribution is 7.92. The number of hydrogen-bond donors (Lipinski definition) is 2. The van der Waals surface area contributed by atoms with Gasteiger partial charge in [-0.25, -0.2) is 8.42 Å². The van der Waals surface area contributed by atoms with E-state index in [0.29, 0.717) is 11.6 Å². The Morgan fingerprint density at radius 1 is 1.04 bits per heavy atom. The first-order valence-corrected chi connectivity index (χ1v) is 11.2. The van der Waals surface area contributed by atoms with Gasteiger partial charge in [0.05, 0.1) is 11.0 Å². The minimum absolute atomic E-state index is 0.000134.